The van der Waals surface area contributed by atoms with E-state index in [0.29, 0.717) is 13.2 Å². The van der Waals surface area contributed by atoms with E-state index in [1.165, 1.54) is 5.56 Å². The molecule has 0 aromatic heterocycles. The molecule has 1 aliphatic heterocycles. The number of aliphatic hydroxyl groups is 1. The second-order valence-corrected chi connectivity index (χ2v) is 5.57. The third kappa shape index (κ3) is 2.88. The lowest BCUT2D eigenvalue weighted by Crippen LogP contribution is -2.13. The summed E-state index contributed by atoms with van der Waals surface area (Å²) in [5.74, 6) is 1.94. The number of hydrogen-bond acceptors (Lipinski definition) is 3. The van der Waals surface area contributed by atoms with Gasteiger partial charge in [-0.05, 0) is 32.0 Å². The highest BCUT2D eigenvalue weighted by molar-refractivity contribution is 5.41. The van der Waals surface area contributed by atoms with Gasteiger partial charge in [-0.25, -0.2) is 0 Å². The second-order valence-electron chi connectivity index (χ2n) is 5.57. The number of ether oxygens (including phenoxy) is 2. The standard InChI is InChI=1S/C18H20O3/c1-12-7-8-18(16(9-12)13(2)19)21-11-14-10-20-17-6-4-3-5-15(14)17/h3-9,13-14,19H,10-11H2,1-2H3. The zero-order valence-corrected chi connectivity index (χ0v) is 12.4. The maximum absolute atomic E-state index is 9.87. The van der Waals surface area contributed by atoms with Crippen molar-refractivity contribution in [3.8, 4) is 11.5 Å². The number of aryl methyl sites for hydroxylation is 1. The molecule has 3 rings (SSSR count). The molecule has 3 heteroatoms. The van der Waals surface area contributed by atoms with Gasteiger partial charge in [0.15, 0.2) is 0 Å². The van der Waals surface area contributed by atoms with Crippen LogP contribution in [0.3, 0.4) is 0 Å². The third-order valence-corrected chi connectivity index (χ3v) is 3.85. The van der Waals surface area contributed by atoms with E-state index in [-0.39, 0.29) is 5.92 Å². The van der Waals surface area contributed by atoms with Crippen LogP contribution >= 0.6 is 0 Å². The molecule has 2 atom stereocenters. The van der Waals surface area contributed by atoms with Gasteiger partial charge in [0.1, 0.15) is 11.5 Å². The first kappa shape index (κ1) is 14.0. The van der Waals surface area contributed by atoms with E-state index in [0.717, 1.165) is 22.6 Å². The maximum atomic E-state index is 9.87. The van der Waals surface area contributed by atoms with Gasteiger partial charge in [-0.2, -0.15) is 0 Å². The number of rotatable bonds is 4. The minimum absolute atomic E-state index is 0.240. The molecule has 2 aromatic carbocycles. The average Bonchev–Trinajstić information content (AvgIpc) is 2.89. The SMILES string of the molecule is Cc1ccc(OCC2COc3ccccc32)c(C(C)O)c1. The van der Waals surface area contributed by atoms with Crippen LogP contribution in [-0.2, 0) is 0 Å². The number of para-hydroxylation sites is 1. The zero-order valence-electron chi connectivity index (χ0n) is 12.4. The van der Waals surface area contributed by atoms with Crippen molar-refractivity contribution in [2.24, 2.45) is 0 Å². The summed E-state index contributed by atoms with van der Waals surface area (Å²) < 4.78 is 11.6. The molecule has 0 saturated heterocycles. The van der Waals surface area contributed by atoms with Crippen LogP contribution in [0.1, 0.15) is 35.6 Å². The van der Waals surface area contributed by atoms with Gasteiger partial charge in [-0.15, -0.1) is 0 Å². The highest BCUT2D eigenvalue weighted by atomic mass is 16.5. The molecule has 1 heterocycles. The van der Waals surface area contributed by atoms with Gasteiger partial charge in [0.05, 0.1) is 25.2 Å². The fourth-order valence-electron chi connectivity index (χ4n) is 2.68. The Kier molecular flexibility index (Phi) is 3.84. The molecular formula is C18H20O3. The first-order valence-electron chi connectivity index (χ1n) is 7.28. The van der Waals surface area contributed by atoms with Gasteiger partial charge >= 0.3 is 0 Å². The van der Waals surface area contributed by atoms with E-state index in [1.807, 2.05) is 43.3 Å². The number of aliphatic hydroxyl groups excluding tert-OH is 1. The van der Waals surface area contributed by atoms with Crippen molar-refractivity contribution in [3.05, 3.63) is 59.2 Å². The highest BCUT2D eigenvalue weighted by Crippen LogP contribution is 2.34. The monoisotopic (exact) mass is 284 g/mol. The van der Waals surface area contributed by atoms with Crippen LogP contribution in [0.25, 0.3) is 0 Å². The van der Waals surface area contributed by atoms with Crippen LogP contribution in [0, 0.1) is 6.92 Å². The van der Waals surface area contributed by atoms with E-state index in [2.05, 4.69) is 6.07 Å². The maximum Gasteiger partial charge on any atom is 0.125 e. The average molecular weight is 284 g/mol. The predicted octanol–water partition coefficient (Wildman–Crippen LogP) is 3.60. The molecule has 21 heavy (non-hydrogen) atoms. The summed E-state index contributed by atoms with van der Waals surface area (Å²) in [6.07, 6.45) is -0.535. The van der Waals surface area contributed by atoms with E-state index in [9.17, 15) is 5.11 Å². The lowest BCUT2D eigenvalue weighted by molar-refractivity contribution is 0.187. The molecule has 2 unspecified atom stereocenters. The normalized spacial score (nSPS) is 18.0. The summed E-state index contributed by atoms with van der Waals surface area (Å²) in [7, 11) is 0. The van der Waals surface area contributed by atoms with E-state index in [4.69, 9.17) is 9.47 Å². The summed E-state index contributed by atoms with van der Waals surface area (Å²) in [6, 6.07) is 14.0. The van der Waals surface area contributed by atoms with E-state index >= 15 is 0 Å². The third-order valence-electron chi connectivity index (χ3n) is 3.85. The van der Waals surface area contributed by atoms with Crippen molar-refractivity contribution in [2.45, 2.75) is 25.9 Å². The molecule has 0 saturated carbocycles. The van der Waals surface area contributed by atoms with Gasteiger partial charge in [0.25, 0.3) is 0 Å². The summed E-state index contributed by atoms with van der Waals surface area (Å²) in [5, 5.41) is 9.87. The molecule has 1 aliphatic rings. The van der Waals surface area contributed by atoms with Crippen molar-refractivity contribution in [3.63, 3.8) is 0 Å². The van der Waals surface area contributed by atoms with Gasteiger partial charge in [0.2, 0.25) is 0 Å². The Balaban J connectivity index is 1.75. The van der Waals surface area contributed by atoms with Crippen LogP contribution in [0.15, 0.2) is 42.5 Å². The molecule has 0 fully saturated rings. The van der Waals surface area contributed by atoms with Crippen LogP contribution in [0.4, 0.5) is 0 Å². The number of benzene rings is 2. The minimum atomic E-state index is -0.535. The van der Waals surface area contributed by atoms with Crippen molar-refractivity contribution in [1.82, 2.24) is 0 Å². The zero-order chi connectivity index (χ0) is 14.8. The Hall–Kier alpha value is -2.00. The Bertz CT molecular complexity index is 634. The first-order valence-corrected chi connectivity index (χ1v) is 7.28. The van der Waals surface area contributed by atoms with E-state index < -0.39 is 6.10 Å². The van der Waals surface area contributed by atoms with Crippen molar-refractivity contribution in [2.75, 3.05) is 13.2 Å². The van der Waals surface area contributed by atoms with Crippen molar-refractivity contribution < 1.29 is 14.6 Å². The molecule has 110 valence electrons. The Morgan fingerprint density at radius 2 is 2.10 bits per heavy atom. The minimum Gasteiger partial charge on any atom is -0.493 e. The summed E-state index contributed by atoms with van der Waals surface area (Å²) in [6.45, 7) is 4.97. The smallest absolute Gasteiger partial charge is 0.125 e. The molecule has 3 nitrogen and oxygen atoms in total. The van der Waals surface area contributed by atoms with Crippen LogP contribution in [-0.4, -0.2) is 18.3 Å². The molecule has 1 N–H and O–H groups in total. The van der Waals surface area contributed by atoms with Crippen LogP contribution in [0.5, 0.6) is 11.5 Å². The lowest BCUT2D eigenvalue weighted by Gasteiger charge is -2.16. The van der Waals surface area contributed by atoms with Gasteiger partial charge in [-0.1, -0.05) is 29.8 Å². The molecule has 0 bridgehead atoms. The highest BCUT2D eigenvalue weighted by Gasteiger charge is 2.24. The summed E-state index contributed by atoms with van der Waals surface area (Å²) in [4.78, 5) is 0. The molecular weight excluding hydrogens is 264 g/mol. The fraction of sp³-hybridized carbons (Fsp3) is 0.333. The Labute approximate surface area is 125 Å². The van der Waals surface area contributed by atoms with Gasteiger partial charge in [-0.3, -0.25) is 0 Å². The molecule has 0 spiro atoms. The second kappa shape index (κ2) is 5.78. The molecule has 0 amide bonds. The summed E-state index contributed by atoms with van der Waals surface area (Å²) in [5.41, 5.74) is 3.15. The molecule has 0 radical (unpaired) electrons. The summed E-state index contributed by atoms with van der Waals surface area (Å²) >= 11 is 0. The topological polar surface area (TPSA) is 38.7 Å². The van der Waals surface area contributed by atoms with Crippen molar-refractivity contribution in [1.29, 1.82) is 0 Å². The van der Waals surface area contributed by atoms with E-state index in [1.54, 1.807) is 6.92 Å². The molecule has 2 aromatic rings. The number of fused-ring (bicyclic) bond motifs is 1. The largest absolute Gasteiger partial charge is 0.493 e. The predicted molar refractivity (Wildman–Crippen MR) is 82.0 cm³/mol. The first-order chi connectivity index (χ1) is 10.1. The van der Waals surface area contributed by atoms with Crippen LogP contribution in [0.2, 0.25) is 0 Å². The lowest BCUT2D eigenvalue weighted by atomic mass is 10.0. The molecule has 0 aliphatic carbocycles. The van der Waals surface area contributed by atoms with Gasteiger partial charge in [0, 0.05) is 11.1 Å². The van der Waals surface area contributed by atoms with Crippen LogP contribution < -0.4 is 9.47 Å². The van der Waals surface area contributed by atoms with Crippen molar-refractivity contribution >= 4 is 0 Å². The Morgan fingerprint density at radius 3 is 2.90 bits per heavy atom. The fourth-order valence-corrected chi connectivity index (χ4v) is 2.68. The quantitative estimate of drug-likeness (QED) is 0.932. The van der Waals surface area contributed by atoms with Gasteiger partial charge < -0.3 is 14.6 Å². The Morgan fingerprint density at radius 1 is 1.29 bits per heavy atom. The number of hydrogen-bond donors (Lipinski definition) is 1.